The van der Waals surface area contributed by atoms with Crippen LogP contribution in [0.2, 0.25) is 0 Å². The normalized spacial score (nSPS) is 20.8. The first-order valence-electron chi connectivity index (χ1n) is 9.78. The Morgan fingerprint density at radius 2 is 1.88 bits per heavy atom. The van der Waals surface area contributed by atoms with Crippen LogP contribution in [0.15, 0.2) is 36.7 Å². The topological polar surface area (TPSA) is 56.8 Å². The van der Waals surface area contributed by atoms with Crippen molar-refractivity contribution in [3.63, 3.8) is 0 Å². The van der Waals surface area contributed by atoms with Gasteiger partial charge in [0.25, 0.3) is 0 Å². The number of hydrogen-bond acceptors (Lipinski definition) is 4. The summed E-state index contributed by atoms with van der Waals surface area (Å²) >= 11 is 0. The second-order valence-electron chi connectivity index (χ2n) is 7.56. The first-order chi connectivity index (χ1) is 12.8. The summed E-state index contributed by atoms with van der Waals surface area (Å²) in [6.07, 6.45) is 11.4. The monoisotopic (exact) mass is 347 g/mol. The number of likely N-dealkylation sites (tertiary alicyclic amines) is 1. The van der Waals surface area contributed by atoms with Crippen LogP contribution in [0.5, 0.6) is 0 Å². The van der Waals surface area contributed by atoms with Crippen LogP contribution < -0.4 is 5.32 Å². The number of aromatic nitrogens is 3. The fraction of sp³-hybridized carbons (Fsp3) is 0.429. The Kier molecular flexibility index (Phi) is 4.09. The fourth-order valence-corrected chi connectivity index (χ4v) is 4.47. The number of anilines is 2. The summed E-state index contributed by atoms with van der Waals surface area (Å²) < 4.78 is 0. The van der Waals surface area contributed by atoms with Crippen LogP contribution in [-0.2, 0) is 12.8 Å². The molecule has 2 aromatic heterocycles. The molecule has 5 heteroatoms. The number of nitrogens with zero attached hydrogens (tertiary/aromatic N) is 3. The van der Waals surface area contributed by atoms with Gasteiger partial charge in [-0.05, 0) is 80.9 Å². The van der Waals surface area contributed by atoms with E-state index in [9.17, 15) is 0 Å². The van der Waals surface area contributed by atoms with Crippen LogP contribution in [0.4, 0.5) is 11.6 Å². The first kappa shape index (κ1) is 15.8. The minimum atomic E-state index is 0.642. The average Bonchev–Trinajstić information content (AvgIpc) is 3.30. The van der Waals surface area contributed by atoms with Crippen molar-refractivity contribution in [2.24, 2.45) is 0 Å². The molecule has 0 spiro atoms. The third-order valence-electron chi connectivity index (χ3n) is 5.91. The molecule has 0 radical (unpaired) electrons. The minimum Gasteiger partial charge on any atom is -0.346 e. The van der Waals surface area contributed by atoms with Crippen LogP contribution >= 0.6 is 0 Å². The van der Waals surface area contributed by atoms with Gasteiger partial charge in [-0.25, -0.2) is 4.98 Å². The standard InChI is InChI=1S/C21H25N5/c1-2-12-26(11-1)19-7-4-15-3-6-18(13-16(15)5-8-19)24-21-23-14-17-9-10-22-20(17)25-21/h3,6,9-10,13-14,19H,1-2,4-5,7-8,11-12H2,(H2,22,23,24,25). The zero-order valence-electron chi connectivity index (χ0n) is 15.0. The summed E-state index contributed by atoms with van der Waals surface area (Å²) in [6.45, 7) is 2.60. The highest BCUT2D eigenvalue weighted by atomic mass is 15.2. The number of fused-ring (bicyclic) bond motifs is 2. The molecule has 1 fully saturated rings. The molecule has 26 heavy (non-hydrogen) atoms. The third-order valence-corrected chi connectivity index (χ3v) is 5.91. The highest BCUT2D eigenvalue weighted by Crippen LogP contribution is 2.28. The summed E-state index contributed by atoms with van der Waals surface area (Å²) in [5, 5.41) is 4.40. The SMILES string of the molecule is c1cc2cnc(Nc3ccc4c(c3)CCC(N3CCCC3)CC4)nc2[nH]1. The van der Waals surface area contributed by atoms with Crippen molar-refractivity contribution in [3.8, 4) is 0 Å². The second-order valence-corrected chi connectivity index (χ2v) is 7.56. The van der Waals surface area contributed by atoms with Crippen molar-refractivity contribution in [2.75, 3.05) is 18.4 Å². The van der Waals surface area contributed by atoms with Gasteiger partial charge in [0.15, 0.2) is 0 Å². The summed E-state index contributed by atoms with van der Waals surface area (Å²) in [7, 11) is 0. The van der Waals surface area contributed by atoms with Crippen LogP contribution in [0.3, 0.4) is 0 Å². The molecule has 3 aromatic rings. The zero-order chi connectivity index (χ0) is 17.3. The van der Waals surface area contributed by atoms with Gasteiger partial charge in [0.05, 0.1) is 0 Å². The minimum absolute atomic E-state index is 0.642. The van der Waals surface area contributed by atoms with E-state index in [1.165, 1.54) is 62.7 Å². The lowest BCUT2D eigenvalue weighted by atomic mass is 10.0. The van der Waals surface area contributed by atoms with Gasteiger partial charge in [-0.1, -0.05) is 6.07 Å². The molecule has 1 unspecified atom stereocenters. The zero-order valence-corrected chi connectivity index (χ0v) is 15.0. The van der Waals surface area contributed by atoms with Crippen LogP contribution in [-0.4, -0.2) is 39.0 Å². The second kappa shape index (κ2) is 6.72. The number of benzene rings is 1. The Hall–Kier alpha value is -2.40. The van der Waals surface area contributed by atoms with Crippen LogP contribution in [0.1, 0.15) is 36.8 Å². The Balaban J connectivity index is 1.33. The Morgan fingerprint density at radius 1 is 1.04 bits per heavy atom. The van der Waals surface area contributed by atoms with Crippen molar-refractivity contribution >= 4 is 22.7 Å². The van der Waals surface area contributed by atoms with Gasteiger partial charge in [0.2, 0.25) is 5.95 Å². The maximum atomic E-state index is 4.54. The van der Waals surface area contributed by atoms with Gasteiger partial charge < -0.3 is 15.2 Å². The number of rotatable bonds is 3. The van der Waals surface area contributed by atoms with Gasteiger partial charge in [0, 0.05) is 29.5 Å². The van der Waals surface area contributed by atoms with Crippen molar-refractivity contribution in [1.82, 2.24) is 19.9 Å². The van der Waals surface area contributed by atoms with E-state index in [0.29, 0.717) is 5.95 Å². The predicted molar refractivity (Wildman–Crippen MR) is 105 cm³/mol. The van der Waals surface area contributed by atoms with Gasteiger partial charge in [-0.3, -0.25) is 0 Å². The van der Waals surface area contributed by atoms with E-state index in [2.05, 4.69) is 43.4 Å². The van der Waals surface area contributed by atoms with E-state index in [4.69, 9.17) is 0 Å². The van der Waals surface area contributed by atoms with E-state index in [1.807, 2.05) is 18.5 Å². The summed E-state index contributed by atoms with van der Waals surface area (Å²) in [5.41, 5.74) is 4.94. The van der Waals surface area contributed by atoms with E-state index in [0.717, 1.165) is 22.8 Å². The molecule has 1 aliphatic carbocycles. The number of aryl methyl sites for hydroxylation is 2. The Bertz CT molecular complexity index is 910. The van der Waals surface area contributed by atoms with E-state index < -0.39 is 0 Å². The summed E-state index contributed by atoms with van der Waals surface area (Å²) in [5.74, 6) is 0.642. The number of hydrogen-bond donors (Lipinski definition) is 2. The number of aromatic amines is 1. The molecule has 1 aromatic carbocycles. The maximum Gasteiger partial charge on any atom is 0.229 e. The highest BCUT2D eigenvalue weighted by Gasteiger charge is 2.24. The molecule has 1 atom stereocenters. The molecule has 5 nitrogen and oxygen atoms in total. The average molecular weight is 347 g/mol. The summed E-state index contributed by atoms with van der Waals surface area (Å²) in [4.78, 5) is 14.8. The van der Waals surface area contributed by atoms with Crippen molar-refractivity contribution in [3.05, 3.63) is 47.8 Å². The molecular weight excluding hydrogens is 322 g/mol. The van der Waals surface area contributed by atoms with Crippen LogP contribution in [0, 0.1) is 0 Å². The smallest absolute Gasteiger partial charge is 0.229 e. The first-order valence-corrected chi connectivity index (χ1v) is 9.78. The quantitative estimate of drug-likeness (QED) is 0.702. The molecule has 2 aliphatic rings. The van der Waals surface area contributed by atoms with Crippen molar-refractivity contribution in [2.45, 2.75) is 44.6 Å². The number of nitrogens with one attached hydrogen (secondary N) is 2. The van der Waals surface area contributed by atoms with E-state index >= 15 is 0 Å². The van der Waals surface area contributed by atoms with E-state index in [-0.39, 0.29) is 0 Å². The predicted octanol–water partition coefficient (Wildman–Crippen LogP) is 4.04. The van der Waals surface area contributed by atoms with Gasteiger partial charge in [0.1, 0.15) is 5.65 Å². The largest absolute Gasteiger partial charge is 0.346 e. The fourth-order valence-electron chi connectivity index (χ4n) is 4.47. The Labute approximate surface area is 153 Å². The molecule has 3 heterocycles. The lowest BCUT2D eigenvalue weighted by molar-refractivity contribution is 0.222. The highest BCUT2D eigenvalue weighted by molar-refractivity contribution is 5.75. The molecule has 0 saturated carbocycles. The molecule has 1 aliphatic heterocycles. The van der Waals surface area contributed by atoms with Gasteiger partial charge in [-0.2, -0.15) is 4.98 Å². The van der Waals surface area contributed by atoms with Crippen LogP contribution in [0.25, 0.3) is 11.0 Å². The molecule has 134 valence electrons. The lowest BCUT2D eigenvalue weighted by Gasteiger charge is -2.25. The maximum absolute atomic E-state index is 4.54. The third kappa shape index (κ3) is 3.07. The molecule has 2 N–H and O–H groups in total. The molecule has 1 saturated heterocycles. The molecule has 0 bridgehead atoms. The van der Waals surface area contributed by atoms with Gasteiger partial charge in [-0.15, -0.1) is 0 Å². The molecule has 5 rings (SSSR count). The Morgan fingerprint density at radius 3 is 2.77 bits per heavy atom. The van der Waals surface area contributed by atoms with E-state index in [1.54, 1.807) is 0 Å². The number of H-pyrrole nitrogens is 1. The van der Waals surface area contributed by atoms with Crippen molar-refractivity contribution < 1.29 is 0 Å². The van der Waals surface area contributed by atoms with Gasteiger partial charge >= 0.3 is 0 Å². The van der Waals surface area contributed by atoms with Crippen molar-refractivity contribution in [1.29, 1.82) is 0 Å². The molecule has 0 amide bonds. The lowest BCUT2D eigenvalue weighted by Crippen LogP contribution is -2.32. The molecular formula is C21H25N5. The summed E-state index contributed by atoms with van der Waals surface area (Å²) in [6, 6.07) is 9.50.